The Morgan fingerprint density at radius 3 is 1.90 bits per heavy atom. The Bertz CT molecular complexity index is 810. The number of nitrogens with zero attached hydrogens (tertiary/aromatic N) is 2. The molecule has 1 aromatic heterocycles. The van der Waals surface area contributed by atoms with Crippen LogP contribution in [0.2, 0.25) is 16.6 Å². The van der Waals surface area contributed by atoms with Gasteiger partial charge in [-0.1, -0.05) is 41.5 Å². The van der Waals surface area contributed by atoms with E-state index >= 15 is 0 Å². The molecule has 1 aliphatic rings. The quantitative estimate of drug-likeness (QED) is 0.454. The smallest absolute Gasteiger partial charge is 0.258 e. The molecule has 1 unspecified atom stereocenters. The van der Waals surface area contributed by atoms with E-state index in [-0.39, 0.29) is 6.04 Å². The fourth-order valence-electron chi connectivity index (χ4n) is 4.83. The number of hydrogen-bond acceptors (Lipinski definition) is 4. The maximum Gasteiger partial charge on any atom is 0.258 e. The van der Waals surface area contributed by atoms with Crippen LogP contribution in [0.15, 0.2) is 60.8 Å². The Morgan fingerprint density at radius 1 is 0.862 bits per heavy atom. The van der Waals surface area contributed by atoms with E-state index in [0.29, 0.717) is 16.6 Å². The lowest BCUT2D eigenvalue weighted by atomic mass is 9.99. The highest BCUT2D eigenvalue weighted by Crippen LogP contribution is 2.49. The maximum atomic E-state index is 7.04. The third kappa shape index (κ3) is 3.93. The van der Waals surface area contributed by atoms with Gasteiger partial charge < -0.3 is 14.1 Å². The van der Waals surface area contributed by atoms with Crippen molar-refractivity contribution < 1.29 is 9.16 Å². The molecule has 5 heteroatoms. The van der Waals surface area contributed by atoms with Crippen molar-refractivity contribution >= 4 is 14.0 Å². The molecule has 0 bridgehead atoms. The van der Waals surface area contributed by atoms with Gasteiger partial charge in [0.25, 0.3) is 8.32 Å². The molecule has 0 spiro atoms. The Balaban J connectivity index is 1.99. The maximum absolute atomic E-state index is 7.04. The van der Waals surface area contributed by atoms with Crippen molar-refractivity contribution in [3.63, 3.8) is 0 Å². The lowest BCUT2D eigenvalue weighted by molar-refractivity contribution is 0.316. The summed E-state index contributed by atoms with van der Waals surface area (Å²) in [7, 11) is -0.318. The Kier molecular flexibility index (Phi) is 6.37. The molecule has 0 saturated heterocycles. The van der Waals surface area contributed by atoms with Crippen LogP contribution in [0.1, 0.15) is 53.1 Å². The molecule has 0 fully saturated rings. The summed E-state index contributed by atoms with van der Waals surface area (Å²) in [6.45, 7) is 14.0. The molecule has 3 rings (SSSR count). The van der Waals surface area contributed by atoms with E-state index in [4.69, 9.17) is 9.16 Å². The molecule has 0 radical (unpaired) electrons. The van der Waals surface area contributed by atoms with E-state index in [1.807, 2.05) is 24.5 Å². The highest BCUT2D eigenvalue weighted by Gasteiger charge is 2.50. The van der Waals surface area contributed by atoms with Crippen LogP contribution in [0.4, 0.5) is 5.69 Å². The predicted octanol–water partition coefficient (Wildman–Crippen LogP) is 6.69. The molecule has 1 aliphatic heterocycles. The molecule has 0 amide bonds. The molecule has 29 heavy (non-hydrogen) atoms. The van der Waals surface area contributed by atoms with Crippen molar-refractivity contribution in [1.82, 2.24) is 4.98 Å². The largest absolute Gasteiger partial charge is 0.543 e. The van der Waals surface area contributed by atoms with Crippen LogP contribution in [0, 0.1) is 0 Å². The molecule has 1 aromatic carbocycles. The summed E-state index contributed by atoms with van der Waals surface area (Å²) >= 11 is 0. The average Bonchev–Trinajstić information content (AvgIpc) is 2.68. The van der Waals surface area contributed by atoms with Gasteiger partial charge in [-0.25, -0.2) is 0 Å². The molecular weight excluding hydrogens is 376 g/mol. The monoisotopic (exact) mass is 410 g/mol. The fraction of sp³-hybridized carbons (Fsp3) is 0.458. The van der Waals surface area contributed by atoms with Crippen molar-refractivity contribution in [3.05, 3.63) is 66.3 Å². The second kappa shape index (κ2) is 8.62. The summed E-state index contributed by atoms with van der Waals surface area (Å²) in [5.41, 5.74) is 3.95. The zero-order chi connectivity index (χ0) is 21.2. The first-order valence-electron chi connectivity index (χ1n) is 10.5. The number of pyridine rings is 1. The summed E-state index contributed by atoms with van der Waals surface area (Å²) in [5, 5.41) is 0. The summed E-state index contributed by atoms with van der Waals surface area (Å²) < 4.78 is 12.4. The van der Waals surface area contributed by atoms with Crippen molar-refractivity contribution in [2.45, 2.75) is 64.2 Å². The average molecular weight is 411 g/mol. The first-order valence-corrected chi connectivity index (χ1v) is 12.7. The summed E-state index contributed by atoms with van der Waals surface area (Å²) in [4.78, 5) is 6.49. The molecule has 4 nitrogen and oxygen atoms in total. The van der Waals surface area contributed by atoms with Crippen LogP contribution in [-0.4, -0.2) is 20.4 Å². The van der Waals surface area contributed by atoms with Crippen LogP contribution in [0.3, 0.4) is 0 Å². The van der Waals surface area contributed by atoms with Crippen molar-refractivity contribution in [3.8, 4) is 5.75 Å². The van der Waals surface area contributed by atoms with Gasteiger partial charge in [-0.2, -0.15) is 0 Å². The van der Waals surface area contributed by atoms with Gasteiger partial charge in [0.05, 0.1) is 7.11 Å². The van der Waals surface area contributed by atoms with Crippen LogP contribution in [0.5, 0.6) is 5.75 Å². The number of hydrogen-bond donors (Lipinski definition) is 0. The zero-order valence-corrected chi connectivity index (χ0v) is 19.7. The minimum absolute atomic E-state index is 0.0783. The van der Waals surface area contributed by atoms with E-state index in [1.54, 1.807) is 7.11 Å². The van der Waals surface area contributed by atoms with Crippen molar-refractivity contribution in [2.24, 2.45) is 0 Å². The molecule has 0 aliphatic carbocycles. The highest BCUT2D eigenvalue weighted by molar-refractivity contribution is 6.77. The summed E-state index contributed by atoms with van der Waals surface area (Å²) in [6, 6.07) is 12.4. The Hall–Kier alpha value is -2.27. The fourth-order valence-corrected chi connectivity index (χ4v) is 10.1. The Labute approximate surface area is 176 Å². The van der Waals surface area contributed by atoms with Crippen LogP contribution in [-0.2, 0) is 4.43 Å². The minimum Gasteiger partial charge on any atom is -0.543 e. The number of aromatic nitrogens is 1. The van der Waals surface area contributed by atoms with Gasteiger partial charge in [-0.15, -0.1) is 0 Å². The van der Waals surface area contributed by atoms with Gasteiger partial charge in [0.2, 0.25) is 0 Å². The highest BCUT2D eigenvalue weighted by atomic mass is 28.4. The third-order valence-electron chi connectivity index (χ3n) is 6.21. The molecular formula is C24H34N2O2Si. The van der Waals surface area contributed by atoms with Gasteiger partial charge in [0.15, 0.2) is 0 Å². The van der Waals surface area contributed by atoms with E-state index in [0.717, 1.165) is 17.2 Å². The molecule has 156 valence electrons. The predicted molar refractivity (Wildman–Crippen MR) is 123 cm³/mol. The number of benzene rings is 1. The van der Waals surface area contributed by atoms with E-state index in [9.17, 15) is 0 Å². The first kappa shape index (κ1) is 21.4. The SMILES string of the molecule is COc1ccc(N2C=C(O[Si](C(C)C)(C(C)C)C(C)C)C2c2ccncc2)cc1. The lowest BCUT2D eigenvalue weighted by Gasteiger charge is -2.49. The van der Waals surface area contributed by atoms with Crippen LogP contribution < -0.4 is 9.64 Å². The Morgan fingerprint density at radius 2 is 1.41 bits per heavy atom. The van der Waals surface area contributed by atoms with Gasteiger partial charge in [0.1, 0.15) is 17.6 Å². The summed E-state index contributed by atoms with van der Waals surface area (Å²) in [5.74, 6) is 1.94. The second-order valence-electron chi connectivity index (χ2n) is 8.74. The van der Waals surface area contributed by atoms with Gasteiger partial charge >= 0.3 is 0 Å². The normalized spacial score (nSPS) is 16.8. The van der Waals surface area contributed by atoms with Crippen LogP contribution >= 0.6 is 0 Å². The van der Waals surface area contributed by atoms with Crippen molar-refractivity contribution in [2.75, 3.05) is 12.0 Å². The van der Waals surface area contributed by atoms with E-state index in [2.05, 4.69) is 81.9 Å². The number of anilines is 1. The molecule has 1 atom stereocenters. The lowest BCUT2D eigenvalue weighted by Crippen LogP contribution is -2.50. The van der Waals surface area contributed by atoms with E-state index < -0.39 is 8.32 Å². The van der Waals surface area contributed by atoms with E-state index in [1.165, 1.54) is 5.56 Å². The number of rotatable bonds is 8. The van der Waals surface area contributed by atoms with Crippen LogP contribution in [0.25, 0.3) is 0 Å². The summed E-state index contributed by atoms with van der Waals surface area (Å²) in [6.07, 6.45) is 5.88. The second-order valence-corrected chi connectivity index (χ2v) is 14.1. The third-order valence-corrected chi connectivity index (χ3v) is 12.2. The number of ether oxygens (including phenoxy) is 1. The number of methoxy groups -OCH3 is 1. The van der Waals surface area contributed by atoms with Gasteiger partial charge in [-0.3, -0.25) is 4.98 Å². The molecule has 2 heterocycles. The first-order chi connectivity index (χ1) is 13.8. The van der Waals surface area contributed by atoms with Crippen molar-refractivity contribution in [1.29, 1.82) is 0 Å². The molecule has 0 saturated carbocycles. The zero-order valence-electron chi connectivity index (χ0n) is 18.7. The van der Waals surface area contributed by atoms with Gasteiger partial charge in [0, 0.05) is 24.3 Å². The molecule has 0 N–H and O–H groups in total. The topological polar surface area (TPSA) is 34.6 Å². The van der Waals surface area contributed by atoms with Gasteiger partial charge in [-0.05, 0) is 58.6 Å². The standard InChI is InChI=1S/C24H34N2O2Si/c1-17(2)29(18(3)4,19(5)6)28-23-16-26(21-8-10-22(27-7)11-9-21)24(23)20-12-14-25-15-13-20/h8-19,24H,1-7H3. The minimum atomic E-state index is -2.01. The molecule has 2 aromatic rings.